The van der Waals surface area contributed by atoms with E-state index in [-0.39, 0.29) is 56.6 Å². The third kappa shape index (κ3) is 11.7. The number of Topliss-reactive ketones (excluding diaryl/α,β-unsaturated/α-hetero) is 2. The van der Waals surface area contributed by atoms with Gasteiger partial charge in [-0.25, -0.2) is 9.97 Å². The molecule has 0 aromatic carbocycles. The highest BCUT2D eigenvalue weighted by Crippen LogP contribution is 2.35. The number of hydrogen-bond donors (Lipinski definition) is 1. The molecule has 4 rings (SSSR count). The lowest BCUT2D eigenvalue weighted by Crippen LogP contribution is -2.46. The van der Waals surface area contributed by atoms with Crippen LogP contribution in [0.3, 0.4) is 0 Å². The third-order valence-electron chi connectivity index (χ3n) is 7.65. The molecule has 2 aromatic heterocycles. The molecule has 0 saturated heterocycles. The van der Waals surface area contributed by atoms with E-state index in [1.54, 1.807) is 11.8 Å². The van der Waals surface area contributed by atoms with E-state index < -0.39 is 15.9 Å². The molecule has 248 valence electrons. The van der Waals surface area contributed by atoms with Crippen molar-refractivity contribution >= 4 is 63.6 Å². The van der Waals surface area contributed by atoms with Crippen LogP contribution in [0.15, 0.2) is 12.4 Å². The number of aromatic nitrogens is 4. The van der Waals surface area contributed by atoms with Gasteiger partial charge in [0.1, 0.15) is 18.2 Å². The number of rotatable bonds is 11. The molecule has 0 amide bonds. The Labute approximate surface area is 277 Å². The molecule has 2 heterocycles. The van der Waals surface area contributed by atoms with Crippen LogP contribution in [-0.4, -0.2) is 65.5 Å². The van der Waals surface area contributed by atoms with E-state index in [9.17, 15) is 29.8 Å². The lowest BCUT2D eigenvalue weighted by atomic mass is 10.0. The molecule has 0 aliphatic heterocycles. The smallest absolute Gasteiger partial charge is 0.329 e. The molecule has 0 spiro atoms. The van der Waals surface area contributed by atoms with Gasteiger partial charge in [-0.2, -0.15) is 9.97 Å². The van der Waals surface area contributed by atoms with Crippen LogP contribution < -0.4 is 10.2 Å². The van der Waals surface area contributed by atoms with Gasteiger partial charge in [-0.1, -0.05) is 51.1 Å². The number of nitrogens with zero attached hydrogens (tertiary/aromatic N) is 7. The first-order valence-electron chi connectivity index (χ1n) is 14.8. The van der Waals surface area contributed by atoms with Crippen LogP contribution in [0.5, 0.6) is 0 Å². The molecule has 17 heteroatoms. The Morgan fingerprint density at radius 3 is 1.82 bits per heavy atom. The Balaban J connectivity index is 0.000000259. The van der Waals surface area contributed by atoms with Gasteiger partial charge in [-0.3, -0.25) is 29.8 Å². The molecule has 2 aromatic rings. The van der Waals surface area contributed by atoms with E-state index in [0.29, 0.717) is 12.5 Å². The monoisotopic (exact) mass is 688 g/mol. The maximum absolute atomic E-state index is 12.0. The molecule has 2 saturated carbocycles. The van der Waals surface area contributed by atoms with E-state index >= 15 is 0 Å². The Morgan fingerprint density at radius 2 is 1.38 bits per heavy atom. The van der Waals surface area contributed by atoms with Crippen molar-refractivity contribution in [3.63, 3.8) is 0 Å². The van der Waals surface area contributed by atoms with E-state index in [4.69, 9.17) is 34.8 Å². The lowest BCUT2D eigenvalue weighted by Gasteiger charge is -2.35. The number of carbonyl (C=O) groups is 2. The van der Waals surface area contributed by atoms with E-state index in [1.165, 1.54) is 32.6 Å². The molecule has 2 aliphatic rings. The van der Waals surface area contributed by atoms with Crippen molar-refractivity contribution in [1.29, 1.82) is 0 Å². The highest BCUT2D eigenvalue weighted by atomic mass is 35.5. The first kappa shape index (κ1) is 38.1. The first-order valence-corrected chi connectivity index (χ1v) is 16.0. The van der Waals surface area contributed by atoms with E-state index in [0.717, 1.165) is 44.5 Å². The normalized spacial score (nSPS) is 16.1. The summed E-state index contributed by atoms with van der Waals surface area (Å²) in [5.41, 5.74) is -0.563. The zero-order chi connectivity index (χ0) is 33.7. The fraction of sp³-hybridized carbons (Fsp3) is 0.643. The molecule has 2 fully saturated rings. The molecular formula is C28H39Cl3N8O6. The van der Waals surface area contributed by atoms with Gasteiger partial charge in [-0.15, -0.1) is 0 Å². The summed E-state index contributed by atoms with van der Waals surface area (Å²) in [6.45, 7) is 7.14. The Hall–Kier alpha value is -3.07. The van der Waals surface area contributed by atoms with Crippen molar-refractivity contribution in [3.05, 3.63) is 48.3 Å². The summed E-state index contributed by atoms with van der Waals surface area (Å²) in [4.78, 5) is 59.7. The molecule has 45 heavy (non-hydrogen) atoms. The van der Waals surface area contributed by atoms with Crippen LogP contribution in [0.1, 0.15) is 91.9 Å². The average Bonchev–Trinajstić information content (AvgIpc) is 3.69. The van der Waals surface area contributed by atoms with Crippen molar-refractivity contribution < 1.29 is 19.4 Å². The van der Waals surface area contributed by atoms with Crippen LogP contribution in [-0.2, 0) is 9.59 Å². The minimum absolute atomic E-state index is 0.0292. The SMILES string of the molecule is CC[C@@H](NC1CCCC1)C(C)=O.CC[C@H](C(C)=O)N(c1nc(Cl)ncc1[N+](=O)[O-])C1CCCC1.O=[N+]([O-])c1cnc(Cl)nc1Cl. The number of nitrogens with one attached hydrogen (secondary N) is 1. The van der Waals surface area contributed by atoms with Crippen LogP contribution >= 0.6 is 34.8 Å². The topological polar surface area (TPSA) is 187 Å². The van der Waals surface area contributed by atoms with Gasteiger partial charge in [0, 0.05) is 12.1 Å². The summed E-state index contributed by atoms with van der Waals surface area (Å²) in [5, 5.41) is 24.4. The summed E-state index contributed by atoms with van der Waals surface area (Å²) in [6, 6.07) is 0.346. The van der Waals surface area contributed by atoms with Crippen molar-refractivity contribution in [3.8, 4) is 0 Å². The van der Waals surface area contributed by atoms with Gasteiger partial charge in [0.25, 0.3) is 0 Å². The molecule has 2 aliphatic carbocycles. The first-order chi connectivity index (χ1) is 21.3. The average molecular weight is 690 g/mol. The largest absolute Gasteiger partial charge is 0.338 e. The van der Waals surface area contributed by atoms with Crippen molar-refractivity contribution in [2.45, 2.75) is 116 Å². The fourth-order valence-corrected chi connectivity index (χ4v) is 5.96. The number of carbonyl (C=O) groups excluding carboxylic acids is 2. The second-order valence-electron chi connectivity index (χ2n) is 10.8. The van der Waals surface area contributed by atoms with E-state index in [2.05, 4.69) is 32.2 Å². The van der Waals surface area contributed by atoms with Crippen molar-refractivity contribution in [2.75, 3.05) is 4.90 Å². The minimum atomic E-state index is -0.682. The number of ketones is 2. The predicted molar refractivity (Wildman–Crippen MR) is 172 cm³/mol. The number of hydrogen-bond acceptors (Lipinski definition) is 12. The maximum Gasteiger partial charge on any atom is 0.329 e. The highest BCUT2D eigenvalue weighted by Gasteiger charge is 2.36. The molecule has 2 atom stereocenters. The summed E-state index contributed by atoms with van der Waals surface area (Å²) < 4.78 is 0. The van der Waals surface area contributed by atoms with Gasteiger partial charge in [0.2, 0.25) is 21.5 Å². The second-order valence-corrected chi connectivity index (χ2v) is 11.8. The third-order valence-corrected chi connectivity index (χ3v) is 8.30. The number of nitro groups is 2. The van der Waals surface area contributed by atoms with Crippen LogP contribution in [0.25, 0.3) is 0 Å². The van der Waals surface area contributed by atoms with Crippen LogP contribution in [0.4, 0.5) is 17.2 Å². The Kier molecular flexibility index (Phi) is 15.9. The second kappa shape index (κ2) is 18.8. The van der Waals surface area contributed by atoms with Crippen LogP contribution in [0, 0.1) is 20.2 Å². The van der Waals surface area contributed by atoms with Gasteiger partial charge in [-0.05, 0) is 75.6 Å². The number of halogens is 3. The van der Waals surface area contributed by atoms with Gasteiger partial charge >= 0.3 is 11.4 Å². The molecular weight excluding hydrogens is 651 g/mol. The zero-order valence-corrected chi connectivity index (χ0v) is 28.0. The fourth-order valence-electron chi connectivity index (χ4n) is 5.46. The zero-order valence-electron chi connectivity index (χ0n) is 25.7. The van der Waals surface area contributed by atoms with Crippen molar-refractivity contribution in [1.82, 2.24) is 25.3 Å². The summed E-state index contributed by atoms with van der Waals surface area (Å²) in [5.74, 6) is 0.404. The molecule has 0 bridgehead atoms. The molecule has 14 nitrogen and oxygen atoms in total. The Morgan fingerprint density at radius 1 is 0.867 bits per heavy atom. The minimum Gasteiger partial charge on any atom is -0.338 e. The summed E-state index contributed by atoms with van der Waals surface area (Å²) in [6.07, 6.45) is 12.6. The number of anilines is 1. The van der Waals surface area contributed by atoms with Gasteiger partial charge < -0.3 is 10.2 Å². The Bertz CT molecular complexity index is 1330. The molecule has 0 unspecified atom stereocenters. The van der Waals surface area contributed by atoms with Crippen molar-refractivity contribution in [2.24, 2.45) is 0 Å². The van der Waals surface area contributed by atoms with Gasteiger partial charge in [0.15, 0.2) is 5.78 Å². The quantitative estimate of drug-likeness (QED) is 0.114. The standard InChI is InChI=1S/C14H19ClN4O3.C10H19NO.C4HCl2N3O2/c1-3-11(9(2)20)18(10-6-4-5-7-10)13-12(19(21)22)8-16-14(15)17-13;1-3-10(8(2)12)11-9-6-4-5-7-9;5-3-2(9(10)11)1-7-4(6)8-3/h8,10-11H,3-7H2,1-2H3;9-11H,3-7H2,1-2H3;1H/t11-;10-;/m11./s1. The molecule has 0 radical (unpaired) electrons. The van der Waals surface area contributed by atoms with Gasteiger partial charge in [0.05, 0.1) is 21.9 Å². The highest BCUT2D eigenvalue weighted by molar-refractivity contribution is 6.33. The lowest BCUT2D eigenvalue weighted by molar-refractivity contribution is -0.385. The molecule has 1 N–H and O–H groups in total. The summed E-state index contributed by atoms with van der Waals surface area (Å²) >= 11 is 16.5. The van der Waals surface area contributed by atoms with Crippen LogP contribution in [0.2, 0.25) is 15.7 Å². The maximum atomic E-state index is 12.0. The van der Waals surface area contributed by atoms with E-state index in [1.807, 2.05) is 6.92 Å². The predicted octanol–water partition coefficient (Wildman–Crippen LogP) is 6.73. The summed E-state index contributed by atoms with van der Waals surface area (Å²) in [7, 11) is 0.